The van der Waals surface area contributed by atoms with Crippen molar-refractivity contribution in [1.29, 1.82) is 0 Å². The van der Waals surface area contributed by atoms with Crippen LogP contribution >= 0.6 is 23.8 Å². The Kier molecular flexibility index (Phi) is 4.31. The highest BCUT2D eigenvalue weighted by Gasteiger charge is 2.08. The lowest BCUT2D eigenvalue weighted by molar-refractivity contribution is 0.624. The summed E-state index contributed by atoms with van der Waals surface area (Å²) in [4.78, 5) is 0. The van der Waals surface area contributed by atoms with E-state index in [1.165, 1.54) is 23.7 Å². The molecule has 0 aliphatic rings. The summed E-state index contributed by atoms with van der Waals surface area (Å²) in [5.41, 5.74) is 1.89. The van der Waals surface area contributed by atoms with Gasteiger partial charge in [0.15, 0.2) is 5.11 Å². The fraction of sp³-hybridized carbons (Fsp3) is 0.125. The Morgan fingerprint density at radius 3 is 2.77 bits per heavy atom. The van der Waals surface area contributed by atoms with E-state index in [9.17, 15) is 4.39 Å². The maximum Gasteiger partial charge on any atom is 0.171 e. The minimum atomic E-state index is -0.241. The number of fused-ring (bicyclic) bond motifs is 1. The molecule has 112 valence electrons. The van der Waals surface area contributed by atoms with Crippen molar-refractivity contribution in [3.8, 4) is 0 Å². The van der Waals surface area contributed by atoms with Crippen molar-refractivity contribution in [3.05, 3.63) is 60.0 Å². The molecule has 0 aliphatic carbocycles. The number of benzene rings is 2. The van der Waals surface area contributed by atoms with Crippen molar-refractivity contribution in [2.45, 2.75) is 13.0 Å². The van der Waals surface area contributed by atoms with E-state index in [4.69, 9.17) is 12.2 Å². The van der Waals surface area contributed by atoms with Gasteiger partial charge in [-0.25, -0.2) is 4.39 Å². The second-order valence-electron chi connectivity index (χ2n) is 4.95. The van der Waals surface area contributed by atoms with Crippen molar-refractivity contribution in [3.63, 3.8) is 0 Å². The topological polar surface area (TPSA) is 37.0 Å². The molecule has 3 rings (SSSR count). The Balaban J connectivity index is 1.65. The molecule has 1 unspecified atom stereocenters. The van der Waals surface area contributed by atoms with Crippen LogP contribution in [0.5, 0.6) is 0 Å². The van der Waals surface area contributed by atoms with E-state index >= 15 is 0 Å². The molecule has 0 bridgehead atoms. The first-order valence-electron chi connectivity index (χ1n) is 6.79. The van der Waals surface area contributed by atoms with Crippen LogP contribution in [0.2, 0.25) is 0 Å². The third kappa shape index (κ3) is 3.40. The van der Waals surface area contributed by atoms with Crippen LogP contribution in [0.25, 0.3) is 10.1 Å². The Labute approximate surface area is 137 Å². The van der Waals surface area contributed by atoms with Gasteiger partial charge in [0.1, 0.15) is 5.82 Å². The molecular weight excluding hydrogens is 317 g/mol. The van der Waals surface area contributed by atoms with Gasteiger partial charge in [-0.05, 0) is 66.6 Å². The zero-order valence-corrected chi connectivity index (χ0v) is 13.5. The summed E-state index contributed by atoms with van der Waals surface area (Å²) in [5.74, 6) is -0.241. The van der Waals surface area contributed by atoms with Gasteiger partial charge >= 0.3 is 0 Å². The molecule has 0 spiro atoms. The number of halogens is 1. The number of anilines is 1. The lowest BCUT2D eigenvalue weighted by atomic mass is 10.1. The molecule has 0 amide bonds. The van der Waals surface area contributed by atoms with E-state index in [2.05, 4.69) is 15.0 Å². The molecule has 22 heavy (non-hydrogen) atoms. The van der Waals surface area contributed by atoms with Gasteiger partial charge in [0.05, 0.1) is 10.7 Å². The highest BCUT2D eigenvalue weighted by atomic mass is 32.1. The van der Waals surface area contributed by atoms with E-state index in [0.717, 1.165) is 21.3 Å². The third-order valence-electron chi connectivity index (χ3n) is 3.33. The molecule has 1 aromatic heterocycles. The average molecular weight is 331 g/mol. The first-order valence-corrected chi connectivity index (χ1v) is 7.97. The number of thiocarbonyl (C=S) groups is 1. The minimum absolute atomic E-state index is 0.00727. The van der Waals surface area contributed by atoms with Gasteiger partial charge in [-0.15, -0.1) is 0 Å². The molecule has 3 nitrogen and oxygen atoms in total. The zero-order valence-electron chi connectivity index (χ0n) is 11.8. The predicted octanol–water partition coefficient (Wildman–Crippen LogP) is 4.48. The lowest BCUT2D eigenvalue weighted by Gasteiger charge is -2.17. The number of nitrogens with one attached hydrogen (secondary N) is 2. The SMILES string of the molecule is CC(NC(=S)Nc1ccc2sncc2c1)c1ccc(F)cc1. The van der Waals surface area contributed by atoms with Crippen LogP contribution in [-0.2, 0) is 0 Å². The van der Waals surface area contributed by atoms with Crippen LogP contribution in [0.1, 0.15) is 18.5 Å². The Bertz CT molecular complexity index is 799. The van der Waals surface area contributed by atoms with Crippen molar-refractivity contribution >= 4 is 44.6 Å². The monoisotopic (exact) mass is 331 g/mol. The smallest absolute Gasteiger partial charge is 0.171 e. The molecule has 0 aliphatic heterocycles. The molecule has 6 heteroatoms. The van der Waals surface area contributed by atoms with Gasteiger partial charge in [0.25, 0.3) is 0 Å². The van der Waals surface area contributed by atoms with E-state index in [0.29, 0.717) is 5.11 Å². The fourth-order valence-electron chi connectivity index (χ4n) is 2.15. The maximum atomic E-state index is 12.9. The van der Waals surface area contributed by atoms with Crippen LogP contribution in [-0.4, -0.2) is 9.49 Å². The van der Waals surface area contributed by atoms with Crippen molar-refractivity contribution in [2.24, 2.45) is 0 Å². The van der Waals surface area contributed by atoms with Crippen LogP contribution in [0.15, 0.2) is 48.7 Å². The first-order chi connectivity index (χ1) is 10.6. The quantitative estimate of drug-likeness (QED) is 0.694. The van der Waals surface area contributed by atoms with Gasteiger partial charge in [-0.3, -0.25) is 0 Å². The molecular formula is C16H14FN3S2. The highest BCUT2D eigenvalue weighted by molar-refractivity contribution is 7.80. The number of nitrogens with zero attached hydrogens (tertiary/aromatic N) is 1. The van der Waals surface area contributed by atoms with Crippen molar-refractivity contribution in [2.75, 3.05) is 5.32 Å². The Morgan fingerprint density at radius 2 is 2.00 bits per heavy atom. The number of aromatic nitrogens is 1. The molecule has 3 aromatic rings. The second-order valence-corrected chi connectivity index (χ2v) is 6.19. The molecule has 0 saturated carbocycles. The minimum Gasteiger partial charge on any atom is -0.356 e. The summed E-state index contributed by atoms with van der Waals surface area (Å²) >= 11 is 6.80. The molecule has 1 heterocycles. The van der Waals surface area contributed by atoms with Crippen LogP contribution in [0.4, 0.5) is 10.1 Å². The fourth-order valence-corrected chi connectivity index (χ4v) is 3.07. The second kappa shape index (κ2) is 6.37. The van der Waals surface area contributed by atoms with E-state index in [1.54, 1.807) is 12.1 Å². The van der Waals surface area contributed by atoms with Crippen molar-refractivity contribution in [1.82, 2.24) is 9.69 Å². The third-order valence-corrected chi connectivity index (χ3v) is 4.33. The average Bonchev–Trinajstić information content (AvgIpc) is 2.95. The summed E-state index contributed by atoms with van der Waals surface area (Å²) in [6.45, 7) is 1.98. The summed E-state index contributed by atoms with van der Waals surface area (Å²) in [6, 6.07) is 12.4. The van der Waals surface area contributed by atoms with E-state index < -0.39 is 0 Å². The largest absolute Gasteiger partial charge is 0.356 e. The van der Waals surface area contributed by atoms with E-state index in [-0.39, 0.29) is 11.9 Å². The van der Waals surface area contributed by atoms with Gasteiger partial charge in [-0.1, -0.05) is 12.1 Å². The Hall–Kier alpha value is -2.05. The predicted molar refractivity (Wildman–Crippen MR) is 93.8 cm³/mol. The van der Waals surface area contributed by atoms with Gasteiger partial charge in [0, 0.05) is 17.3 Å². The van der Waals surface area contributed by atoms with Crippen LogP contribution in [0, 0.1) is 5.82 Å². The molecule has 0 fully saturated rings. The Morgan fingerprint density at radius 1 is 1.23 bits per heavy atom. The summed E-state index contributed by atoms with van der Waals surface area (Å²) < 4.78 is 18.2. The highest BCUT2D eigenvalue weighted by Crippen LogP contribution is 2.22. The van der Waals surface area contributed by atoms with Gasteiger partial charge in [-0.2, -0.15) is 4.37 Å². The summed E-state index contributed by atoms with van der Waals surface area (Å²) in [7, 11) is 0. The molecule has 1 atom stereocenters. The normalized spacial score (nSPS) is 12.1. The molecule has 2 N–H and O–H groups in total. The zero-order chi connectivity index (χ0) is 15.5. The van der Waals surface area contributed by atoms with Gasteiger partial charge < -0.3 is 10.6 Å². The van der Waals surface area contributed by atoms with Gasteiger partial charge in [0.2, 0.25) is 0 Å². The molecule has 0 radical (unpaired) electrons. The first kappa shape index (κ1) is 14.9. The maximum absolute atomic E-state index is 12.9. The molecule has 2 aromatic carbocycles. The van der Waals surface area contributed by atoms with E-state index in [1.807, 2.05) is 31.3 Å². The summed E-state index contributed by atoms with van der Waals surface area (Å²) in [6.07, 6.45) is 1.84. The van der Waals surface area contributed by atoms with Crippen molar-refractivity contribution < 1.29 is 4.39 Å². The lowest BCUT2D eigenvalue weighted by Crippen LogP contribution is -2.30. The summed E-state index contributed by atoms with van der Waals surface area (Å²) in [5, 5.41) is 7.96. The number of hydrogen-bond acceptors (Lipinski definition) is 3. The number of hydrogen-bond donors (Lipinski definition) is 2. The van der Waals surface area contributed by atoms with Crippen LogP contribution in [0.3, 0.4) is 0 Å². The molecule has 0 saturated heterocycles. The number of rotatable bonds is 3. The standard InChI is InChI=1S/C16H14FN3S2/c1-10(11-2-4-13(17)5-3-11)19-16(21)20-14-6-7-15-12(8-14)9-18-22-15/h2-10H,1H3,(H2,19,20,21). The van der Waals surface area contributed by atoms with Crippen LogP contribution < -0.4 is 10.6 Å².